The van der Waals surface area contributed by atoms with E-state index in [-0.39, 0.29) is 11.1 Å². The number of amides is 1. The topological polar surface area (TPSA) is 85.2 Å². The summed E-state index contributed by atoms with van der Waals surface area (Å²) in [5.41, 5.74) is 1.91. The average molecular weight is 394 g/mol. The highest BCUT2D eigenvalue weighted by Crippen LogP contribution is 2.35. The Labute approximate surface area is 155 Å². The average Bonchev–Trinajstić information content (AvgIpc) is 3.13. The van der Waals surface area contributed by atoms with Gasteiger partial charge in [0.05, 0.1) is 0 Å². The molecule has 27 heavy (non-hydrogen) atoms. The monoisotopic (exact) mass is 394 g/mol. The van der Waals surface area contributed by atoms with Crippen LogP contribution in [0.1, 0.15) is 20.9 Å². The molecule has 0 unspecified atom stereocenters. The number of thiophene rings is 1. The van der Waals surface area contributed by atoms with Gasteiger partial charge in [0, 0.05) is 10.4 Å². The predicted molar refractivity (Wildman–Crippen MR) is 94.7 cm³/mol. The Morgan fingerprint density at radius 2 is 1.89 bits per heavy atom. The van der Waals surface area contributed by atoms with E-state index in [0.29, 0.717) is 12.4 Å². The Balaban J connectivity index is 1.95. The maximum absolute atomic E-state index is 13.3. The molecule has 2 heterocycles. The molecule has 5 nitrogen and oxygen atoms in total. The Kier molecular flexibility index (Phi) is 5.04. The van der Waals surface area contributed by atoms with Gasteiger partial charge in [-0.05, 0) is 35.2 Å². The van der Waals surface area contributed by atoms with Crippen LogP contribution in [0.2, 0.25) is 0 Å². The highest BCUT2D eigenvalue weighted by Gasteiger charge is 2.36. The number of hydrogen-bond donors (Lipinski definition) is 2. The van der Waals surface area contributed by atoms with Crippen LogP contribution in [0, 0.1) is 0 Å². The first-order valence-corrected chi connectivity index (χ1v) is 8.53. The van der Waals surface area contributed by atoms with Gasteiger partial charge in [0.2, 0.25) is 0 Å². The van der Waals surface area contributed by atoms with E-state index in [0.717, 1.165) is 10.9 Å². The highest BCUT2D eigenvalue weighted by atomic mass is 32.1. The number of pyridine rings is 1. The standard InChI is InChI=1S/C18H13F3N2O3S/c19-18(20,21)15-13(8-14(16(22)24)17(25)23-15)10-3-5-11(6-4-10)26-9-12-2-1-7-27-12/h1-8H,9H2,(H2,22,24)(H,23,25). The molecule has 3 aromatic rings. The third-order valence-electron chi connectivity index (χ3n) is 3.72. The SMILES string of the molecule is NC(=O)c1cc(-c2ccc(OCc3cccs3)cc2)c(C(F)(F)F)[nH]c1=O. The van der Waals surface area contributed by atoms with Crippen molar-refractivity contribution in [3.63, 3.8) is 0 Å². The first-order valence-electron chi connectivity index (χ1n) is 7.65. The maximum atomic E-state index is 13.3. The number of aromatic nitrogens is 1. The minimum absolute atomic E-state index is 0.157. The van der Waals surface area contributed by atoms with Crippen LogP contribution in [0.3, 0.4) is 0 Å². The zero-order valence-electron chi connectivity index (χ0n) is 13.7. The fourth-order valence-electron chi connectivity index (χ4n) is 2.44. The van der Waals surface area contributed by atoms with Crippen molar-refractivity contribution in [2.75, 3.05) is 0 Å². The summed E-state index contributed by atoms with van der Waals surface area (Å²) in [7, 11) is 0. The molecule has 0 saturated heterocycles. The maximum Gasteiger partial charge on any atom is 0.431 e. The van der Waals surface area contributed by atoms with Crippen molar-refractivity contribution >= 4 is 17.2 Å². The number of carbonyl (C=O) groups excluding carboxylic acids is 1. The summed E-state index contributed by atoms with van der Waals surface area (Å²) < 4.78 is 45.5. The van der Waals surface area contributed by atoms with E-state index in [1.807, 2.05) is 17.5 Å². The van der Waals surface area contributed by atoms with Crippen LogP contribution in [0.15, 0.2) is 52.6 Å². The van der Waals surface area contributed by atoms with Crippen LogP contribution in [-0.4, -0.2) is 10.9 Å². The first kappa shape index (κ1) is 18.7. The lowest BCUT2D eigenvalue weighted by atomic mass is 10.0. The van der Waals surface area contributed by atoms with Crippen molar-refractivity contribution in [2.24, 2.45) is 5.73 Å². The summed E-state index contributed by atoms with van der Waals surface area (Å²) in [6, 6.07) is 10.5. The van der Waals surface area contributed by atoms with Gasteiger partial charge in [-0.1, -0.05) is 18.2 Å². The van der Waals surface area contributed by atoms with Gasteiger partial charge in [0.1, 0.15) is 23.6 Å². The van der Waals surface area contributed by atoms with E-state index in [4.69, 9.17) is 10.5 Å². The number of halogens is 3. The molecular weight excluding hydrogens is 381 g/mol. The van der Waals surface area contributed by atoms with Crippen LogP contribution in [0.25, 0.3) is 11.1 Å². The fraction of sp³-hybridized carbons (Fsp3) is 0.111. The Hall–Kier alpha value is -3.07. The molecule has 0 saturated carbocycles. The number of carbonyl (C=O) groups is 1. The van der Waals surface area contributed by atoms with E-state index in [1.165, 1.54) is 35.6 Å². The minimum atomic E-state index is -4.81. The second-order valence-electron chi connectivity index (χ2n) is 5.56. The molecule has 0 radical (unpaired) electrons. The molecule has 2 aromatic heterocycles. The van der Waals surface area contributed by atoms with Crippen molar-refractivity contribution in [3.05, 3.63) is 74.3 Å². The second kappa shape index (κ2) is 7.28. The molecule has 0 aliphatic carbocycles. The van der Waals surface area contributed by atoms with Crippen LogP contribution < -0.4 is 16.0 Å². The lowest BCUT2D eigenvalue weighted by molar-refractivity contribution is -0.140. The number of rotatable bonds is 5. The van der Waals surface area contributed by atoms with E-state index in [2.05, 4.69) is 0 Å². The van der Waals surface area contributed by atoms with Gasteiger partial charge >= 0.3 is 6.18 Å². The first-order chi connectivity index (χ1) is 12.8. The third kappa shape index (κ3) is 4.20. The molecule has 0 fully saturated rings. The molecule has 3 N–H and O–H groups in total. The van der Waals surface area contributed by atoms with Crippen molar-refractivity contribution in [3.8, 4) is 16.9 Å². The summed E-state index contributed by atoms with van der Waals surface area (Å²) in [5, 5.41) is 1.91. The summed E-state index contributed by atoms with van der Waals surface area (Å²) in [4.78, 5) is 25.7. The van der Waals surface area contributed by atoms with Gasteiger partial charge in [0.25, 0.3) is 11.5 Å². The van der Waals surface area contributed by atoms with E-state index in [1.54, 1.807) is 4.98 Å². The summed E-state index contributed by atoms with van der Waals surface area (Å²) in [6.07, 6.45) is -4.81. The number of nitrogens with two attached hydrogens (primary N) is 1. The number of primary amides is 1. The highest BCUT2D eigenvalue weighted by molar-refractivity contribution is 7.09. The van der Waals surface area contributed by atoms with Crippen molar-refractivity contribution in [2.45, 2.75) is 12.8 Å². The number of hydrogen-bond acceptors (Lipinski definition) is 4. The van der Waals surface area contributed by atoms with Gasteiger partial charge in [-0.25, -0.2) is 0 Å². The molecule has 0 spiro atoms. The van der Waals surface area contributed by atoms with E-state index >= 15 is 0 Å². The quantitative estimate of drug-likeness (QED) is 0.690. The number of ether oxygens (including phenoxy) is 1. The van der Waals surface area contributed by atoms with Crippen LogP contribution in [0.5, 0.6) is 5.75 Å². The summed E-state index contributed by atoms with van der Waals surface area (Å²) in [5.74, 6) is -0.637. The van der Waals surface area contributed by atoms with Gasteiger partial charge in [-0.2, -0.15) is 13.2 Å². The predicted octanol–water partition coefficient (Wildman–Crippen LogP) is 3.80. The molecule has 3 rings (SSSR count). The van der Waals surface area contributed by atoms with Crippen molar-refractivity contribution in [1.29, 1.82) is 0 Å². The van der Waals surface area contributed by atoms with Gasteiger partial charge in [0.15, 0.2) is 0 Å². The van der Waals surface area contributed by atoms with Gasteiger partial charge in [-0.15, -0.1) is 11.3 Å². The van der Waals surface area contributed by atoms with Gasteiger partial charge in [-0.3, -0.25) is 9.59 Å². The van der Waals surface area contributed by atoms with Crippen LogP contribution in [-0.2, 0) is 12.8 Å². The van der Waals surface area contributed by atoms with Crippen molar-refractivity contribution in [1.82, 2.24) is 4.98 Å². The molecule has 1 amide bonds. The molecule has 140 valence electrons. The zero-order valence-corrected chi connectivity index (χ0v) is 14.5. The largest absolute Gasteiger partial charge is 0.488 e. The Morgan fingerprint density at radius 1 is 1.19 bits per heavy atom. The lowest BCUT2D eigenvalue weighted by Crippen LogP contribution is -2.27. The van der Waals surface area contributed by atoms with Crippen LogP contribution >= 0.6 is 11.3 Å². The van der Waals surface area contributed by atoms with E-state index < -0.39 is 28.9 Å². The number of benzene rings is 1. The summed E-state index contributed by atoms with van der Waals surface area (Å²) in [6.45, 7) is 0.343. The van der Waals surface area contributed by atoms with Crippen LogP contribution in [0.4, 0.5) is 13.2 Å². The lowest BCUT2D eigenvalue weighted by Gasteiger charge is -2.14. The second-order valence-corrected chi connectivity index (χ2v) is 6.59. The number of alkyl halides is 3. The Morgan fingerprint density at radius 3 is 2.44 bits per heavy atom. The van der Waals surface area contributed by atoms with Crippen molar-refractivity contribution < 1.29 is 22.7 Å². The molecular formula is C18H13F3N2O3S. The minimum Gasteiger partial charge on any atom is -0.488 e. The smallest absolute Gasteiger partial charge is 0.431 e. The third-order valence-corrected chi connectivity index (χ3v) is 4.57. The molecule has 0 bridgehead atoms. The van der Waals surface area contributed by atoms with Gasteiger partial charge < -0.3 is 15.5 Å². The molecule has 9 heteroatoms. The zero-order chi connectivity index (χ0) is 19.6. The molecule has 0 atom stereocenters. The molecule has 1 aromatic carbocycles. The normalized spacial score (nSPS) is 11.4. The Bertz CT molecular complexity index is 1010. The number of H-pyrrole nitrogens is 1. The summed E-state index contributed by atoms with van der Waals surface area (Å²) >= 11 is 1.52. The van der Waals surface area contributed by atoms with E-state index in [9.17, 15) is 22.8 Å². The number of nitrogens with one attached hydrogen (secondary N) is 1. The number of aromatic amines is 1. The molecule has 0 aliphatic heterocycles. The fourth-order valence-corrected chi connectivity index (χ4v) is 3.06. The molecule has 0 aliphatic rings.